The molecule has 1 aromatic carbocycles. The second-order valence-electron chi connectivity index (χ2n) is 4.75. The third-order valence-electron chi connectivity index (χ3n) is 3.13. The van der Waals surface area contributed by atoms with E-state index in [4.69, 9.17) is 11.5 Å². The monoisotopic (exact) mass is 260 g/mol. The van der Waals surface area contributed by atoms with Crippen LogP contribution in [-0.2, 0) is 17.8 Å². The van der Waals surface area contributed by atoms with Gasteiger partial charge >= 0.3 is 0 Å². The molecule has 0 unspecified atom stereocenters. The van der Waals surface area contributed by atoms with Gasteiger partial charge in [-0.05, 0) is 31.0 Å². The first-order chi connectivity index (χ1) is 9.11. The van der Waals surface area contributed by atoms with E-state index in [9.17, 15) is 4.79 Å². The molecule has 5 nitrogen and oxygen atoms in total. The number of carbonyl (C=O) groups is 1. The molecular weight excluding hydrogens is 240 g/mol. The van der Waals surface area contributed by atoms with Gasteiger partial charge in [-0.2, -0.15) is 0 Å². The molecule has 0 spiro atoms. The Morgan fingerprint density at radius 1 is 1.42 bits per heavy atom. The highest BCUT2D eigenvalue weighted by Crippen LogP contribution is 2.20. The highest BCUT2D eigenvalue weighted by atomic mass is 16.1. The van der Waals surface area contributed by atoms with Gasteiger partial charge in [0.1, 0.15) is 5.82 Å². The number of anilines is 1. The second-order valence-corrected chi connectivity index (χ2v) is 4.75. The molecule has 1 heterocycles. The zero-order valence-corrected chi connectivity index (χ0v) is 11.2. The zero-order chi connectivity index (χ0) is 13.8. The highest BCUT2D eigenvalue weighted by molar-refractivity contribution is 5.79. The fourth-order valence-electron chi connectivity index (χ4n) is 2.27. The number of primary amides is 1. The Balaban J connectivity index is 2.31. The Labute approximate surface area is 112 Å². The van der Waals surface area contributed by atoms with Crippen LogP contribution < -0.4 is 11.5 Å². The molecule has 19 heavy (non-hydrogen) atoms. The molecule has 2 aromatic rings. The van der Waals surface area contributed by atoms with Gasteiger partial charge in [0.15, 0.2) is 0 Å². The average Bonchev–Trinajstić information content (AvgIpc) is 2.66. The fourth-order valence-corrected chi connectivity index (χ4v) is 2.27. The first-order valence-corrected chi connectivity index (χ1v) is 6.64. The number of hydrogen-bond acceptors (Lipinski definition) is 3. The number of nitrogens with two attached hydrogens (primary N) is 2. The number of imidazole rings is 1. The summed E-state index contributed by atoms with van der Waals surface area (Å²) >= 11 is 0. The lowest BCUT2D eigenvalue weighted by Gasteiger charge is -2.08. The number of aromatic nitrogens is 2. The summed E-state index contributed by atoms with van der Waals surface area (Å²) in [6.45, 7) is 2.89. The minimum absolute atomic E-state index is 0.259. The number of carbonyl (C=O) groups excluding carboxylic acids is 1. The predicted octanol–water partition coefficient (Wildman–Crippen LogP) is 1.84. The summed E-state index contributed by atoms with van der Waals surface area (Å²) in [4.78, 5) is 15.5. The minimum atomic E-state index is -0.259. The smallest absolute Gasteiger partial charge is 0.217 e. The Morgan fingerprint density at radius 2 is 2.21 bits per heavy atom. The molecule has 102 valence electrons. The van der Waals surface area contributed by atoms with Crippen LogP contribution in [0, 0.1) is 0 Å². The van der Waals surface area contributed by atoms with Gasteiger partial charge in [0.25, 0.3) is 0 Å². The van der Waals surface area contributed by atoms with Gasteiger partial charge in [0.2, 0.25) is 5.91 Å². The van der Waals surface area contributed by atoms with E-state index >= 15 is 0 Å². The second kappa shape index (κ2) is 5.73. The largest absolute Gasteiger partial charge is 0.399 e. The number of hydrogen-bond donors (Lipinski definition) is 2. The van der Waals surface area contributed by atoms with Gasteiger partial charge in [-0.1, -0.05) is 6.92 Å². The van der Waals surface area contributed by atoms with Crippen molar-refractivity contribution in [2.24, 2.45) is 5.73 Å². The fraction of sp³-hybridized carbons (Fsp3) is 0.429. The van der Waals surface area contributed by atoms with Crippen LogP contribution in [0.15, 0.2) is 18.2 Å². The topological polar surface area (TPSA) is 86.9 Å². The van der Waals surface area contributed by atoms with Crippen LogP contribution in [0.1, 0.15) is 32.0 Å². The van der Waals surface area contributed by atoms with Crippen LogP contribution in [0.4, 0.5) is 5.69 Å². The number of aryl methyl sites for hydroxylation is 2. The van der Waals surface area contributed by atoms with Crippen LogP contribution in [0.2, 0.25) is 0 Å². The molecule has 5 heteroatoms. The van der Waals surface area contributed by atoms with Crippen LogP contribution in [0.3, 0.4) is 0 Å². The van der Waals surface area contributed by atoms with Crippen LogP contribution in [0.5, 0.6) is 0 Å². The van der Waals surface area contributed by atoms with Crippen molar-refractivity contribution < 1.29 is 4.79 Å². The third kappa shape index (κ3) is 3.05. The lowest BCUT2D eigenvalue weighted by atomic mass is 10.2. The lowest BCUT2D eigenvalue weighted by Crippen LogP contribution is -2.12. The number of amides is 1. The zero-order valence-electron chi connectivity index (χ0n) is 11.2. The van der Waals surface area contributed by atoms with Crippen LogP contribution in [-0.4, -0.2) is 15.5 Å². The summed E-state index contributed by atoms with van der Waals surface area (Å²) in [6.07, 6.45) is 3.10. The summed E-state index contributed by atoms with van der Waals surface area (Å²) < 4.78 is 2.17. The SMILES string of the molecule is CCCc1nc2cc(N)ccc2n1CCCC(N)=O. The van der Waals surface area contributed by atoms with Crippen molar-refractivity contribution >= 4 is 22.6 Å². The van der Waals surface area contributed by atoms with Gasteiger partial charge in [-0.3, -0.25) is 4.79 Å². The van der Waals surface area contributed by atoms with Crippen molar-refractivity contribution in [3.05, 3.63) is 24.0 Å². The summed E-state index contributed by atoms with van der Waals surface area (Å²) in [5.41, 5.74) is 13.7. The molecule has 2 rings (SSSR count). The van der Waals surface area contributed by atoms with Gasteiger partial charge in [0.05, 0.1) is 11.0 Å². The molecule has 0 bridgehead atoms. The molecule has 1 aromatic heterocycles. The van der Waals surface area contributed by atoms with E-state index in [-0.39, 0.29) is 5.91 Å². The normalized spacial score (nSPS) is 11.0. The summed E-state index contributed by atoms with van der Waals surface area (Å²) in [5, 5.41) is 0. The van der Waals surface area contributed by atoms with Crippen molar-refractivity contribution in [1.82, 2.24) is 9.55 Å². The Morgan fingerprint density at radius 3 is 2.89 bits per heavy atom. The number of nitrogen functional groups attached to an aromatic ring is 1. The molecule has 0 radical (unpaired) electrons. The van der Waals surface area contributed by atoms with Crippen molar-refractivity contribution in [3.63, 3.8) is 0 Å². The number of fused-ring (bicyclic) bond motifs is 1. The van der Waals surface area contributed by atoms with Crippen molar-refractivity contribution in [2.75, 3.05) is 5.73 Å². The summed E-state index contributed by atoms with van der Waals surface area (Å²) in [6, 6.07) is 5.75. The van der Waals surface area contributed by atoms with Gasteiger partial charge in [0, 0.05) is 25.1 Å². The van der Waals surface area contributed by atoms with E-state index in [1.807, 2.05) is 18.2 Å². The molecular formula is C14H20N4O. The Bertz CT molecular complexity index is 588. The molecule has 0 aliphatic rings. The van der Waals surface area contributed by atoms with E-state index < -0.39 is 0 Å². The molecule has 0 saturated carbocycles. The quantitative estimate of drug-likeness (QED) is 0.777. The third-order valence-corrected chi connectivity index (χ3v) is 3.13. The van der Waals surface area contributed by atoms with Crippen molar-refractivity contribution in [2.45, 2.75) is 39.2 Å². The van der Waals surface area contributed by atoms with Gasteiger partial charge in [-0.25, -0.2) is 4.98 Å². The first-order valence-electron chi connectivity index (χ1n) is 6.64. The Kier molecular flexibility index (Phi) is 4.04. The molecule has 0 aliphatic heterocycles. The first kappa shape index (κ1) is 13.4. The molecule has 4 N–H and O–H groups in total. The average molecular weight is 260 g/mol. The number of rotatable bonds is 6. The highest BCUT2D eigenvalue weighted by Gasteiger charge is 2.10. The number of nitrogens with zero attached hydrogens (tertiary/aromatic N) is 2. The lowest BCUT2D eigenvalue weighted by molar-refractivity contribution is -0.118. The molecule has 0 fully saturated rings. The van der Waals surface area contributed by atoms with E-state index in [1.165, 1.54) is 0 Å². The molecule has 0 aliphatic carbocycles. The van der Waals surface area contributed by atoms with Gasteiger partial charge < -0.3 is 16.0 Å². The molecule has 0 atom stereocenters. The summed E-state index contributed by atoms with van der Waals surface area (Å²) in [7, 11) is 0. The molecule has 1 amide bonds. The van der Waals surface area contributed by atoms with Crippen molar-refractivity contribution in [3.8, 4) is 0 Å². The maximum atomic E-state index is 10.8. The number of benzene rings is 1. The standard InChI is InChI=1S/C14H20N4O/c1-2-4-14-17-11-9-10(15)6-7-12(11)18(14)8-3-5-13(16)19/h6-7,9H,2-5,8,15H2,1H3,(H2,16,19). The predicted molar refractivity (Wildman–Crippen MR) is 76.6 cm³/mol. The van der Waals surface area contributed by atoms with E-state index in [0.717, 1.165) is 48.4 Å². The summed E-state index contributed by atoms with van der Waals surface area (Å²) in [5.74, 6) is 0.790. The van der Waals surface area contributed by atoms with Crippen LogP contribution in [0.25, 0.3) is 11.0 Å². The van der Waals surface area contributed by atoms with E-state index in [0.29, 0.717) is 6.42 Å². The van der Waals surface area contributed by atoms with Gasteiger partial charge in [-0.15, -0.1) is 0 Å². The maximum Gasteiger partial charge on any atom is 0.217 e. The molecule has 0 saturated heterocycles. The maximum absolute atomic E-state index is 10.8. The van der Waals surface area contributed by atoms with Crippen molar-refractivity contribution in [1.29, 1.82) is 0 Å². The Hall–Kier alpha value is -2.04. The minimum Gasteiger partial charge on any atom is -0.399 e. The van der Waals surface area contributed by atoms with Crippen LogP contribution >= 0.6 is 0 Å². The van der Waals surface area contributed by atoms with E-state index in [2.05, 4.69) is 16.5 Å². The van der Waals surface area contributed by atoms with E-state index in [1.54, 1.807) is 0 Å².